The summed E-state index contributed by atoms with van der Waals surface area (Å²) in [5.74, 6) is 0.156. The highest BCUT2D eigenvalue weighted by Gasteiger charge is 2.40. The lowest BCUT2D eigenvalue weighted by Crippen LogP contribution is -2.53. The lowest BCUT2D eigenvalue weighted by Gasteiger charge is -2.34. The van der Waals surface area contributed by atoms with Crippen molar-refractivity contribution in [1.82, 2.24) is 9.80 Å². The van der Waals surface area contributed by atoms with Crippen LogP contribution in [0.5, 0.6) is 0 Å². The van der Waals surface area contributed by atoms with Gasteiger partial charge in [0.2, 0.25) is 5.96 Å². The van der Waals surface area contributed by atoms with E-state index in [4.69, 9.17) is 15.6 Å². The number of aliphatic imine (C=N–C) groups is 1. The molecule has 8 nitrogen and oxygen atoms in total. The van der Waals surface area contributed by atoms with E-state index in [1.807, 2.05) is 0 Å². The summed E-state index contributed by atoms with van der Waals surface area (Å²) < 4.78 is 5.38. The molecule has 2 aliphatic rings. The molecule has 0 bridgehead atoms. The first-order chi connectivity index (χ1) is 8.02. The number of nitrogens with zero attached hydrogens (tertiary/aromatic N) is 3. The molecule has 3 atom stereocenters. The molecule has 1 fully saturated rings. The fraction of sp³-hybridized carbons (Fsp3) is 0.778. The van der Waals surface area contributed by atoms with Crippen molar-refractivity contribution in [3.63, 3.8) is 0 Å². The summed E-state index contributed by atoms with van der Waals surface area (Å²) in [5.41, 5.74) is 5.51. The standard InChI is InChI=1S/C9H16N4O4/c1-12-4-13(9(16)11-8(12)10)7-2-5(15)6(3-14)17-7/h5-7,14-15H,2-4H2,1H3,(H2,10,11,16). The normalized spacial score (nSPS) is 34.2. The maximum Gasteiger partial charge on any atom is 0.350 e. The molecule has 0 saturated carbocycles. The molecule has 8 heteroatoms. The van der Waals surface area contributed by atoms with Gasteiger partial charge in [-0.2, -0.15) is 4.99 Å². The Kier molecular flexibility index (Phi) is 3.18. The highest BCUT2D eigenvalue weighted by atomic mass is 16.5. The van der Waals surface area contributed by atoms with Gasteiger partial charge in [-0.3, -0.25) is 4.90 Å². The van der Waals surface area contributed by atoms with Crippen molar-refractivity contribution in [2.24, 2.45) is 10.7 Å². The van der Waals surface area contributed by atoms with Gasteiger partial charge in [-0.25, -0.2) is 4.79 Å². The zero-order chi connectivity index (χ0) is 12.6. The van der Waals surface area contributed by atoms with Crippen LogP contribution in [0, 0.1) is 0 Å². The number of urea groups is 1. The van der Waals surface area contributed by atoms with E-state index in [2.05, 4.69) is 4.99 Å². The van der Waals surface area contributed by atoms with Gasteiger partial charge in [0.25, 0.3) is 0 Å². The number of guanidine groups is 1. The number of carbonyl (C=O) groups excluding carboxylic acids is 1. The first-order valence-corrected chi connectivity index (χ1v) is 5.33. The molecular formula is C9H16N4O4. The first kappa shape index (κ1) is 12.1. The summed E-state index contributed by atoms with van der Waals surface area (Å²) in [6, 6.07) is -0.489. The van der Waals surface area contributed by atoms with Gasteiger partial charge in [0.05, 0.1) is 19.4 Å². The van der Waals surface area contributed by atoms with Gasteiger partial charge in [-0.1, -0.05) is 0 Å². The molecule has 0 radical (unpaired) electrons. The SMILES string of the molecule is CN1CN(C2CC(O)C(CO)O2)C(=O)N=C1N. The van der Waals surface area contributed by atoms with Gasteiger partial charge in [-0.05, 0) is 0 Å². The number of carbonyl (C=O) groups is 1. The molecule has 0 aromatic heterocycles. The predicted molar refractivity (Wildman–Crippen MR) is 57.9 cm³/mol. The van der Waals surface area contributed by atoms with Gasteiger partial charge in [0.15, 0.2) is 0 Å². The van der Waals surface area contributed by atoms with Gasteiger partial charge in [0, 0.05) is 13.5 Å². The molecule has 2 amide bonds. The molecule has 0 aromatic rings. The summed E-state index contributed by atoms with van der Waals surface area (Å²) in [6.07, 6.45) is -1.73. The molecule has 4 N–H and O–H groups in total. The average Bonchev–Trinajstić information content (AvgIpc) is 2.65. The van der Waals surface area contributed by atoms with Crippen LogP contribution in [0.2, 0.25) is 0 Å². The van der Waals surface area contributed by atoms with E-state index < -0.39 is 24.5 Å². The minimum absolute atomic E-state index is 0.156. The molecule has 96 valence electrons. The third kappa shape index (κ3) is 2.19. The number of nitrogens with two attached hydrogens (primary N) is 1. The molecule has 2 rings (SSSR count). The second-order valence-corrected chi connectivity index (χ2v) is 4.18. The maximum atomic E-state index is 11.6. The van der Waals surface area contributed by atoms with Crippen LogP contribution < -0.4 is 5.73 Å². The van der Waals surface area contributed by atoms with E-state index in [0.717, 1.165) is 0 Å². The topological polar surface area (TPSA) is 112 Å². The van der Waals surface area contributed by atoms with Gasteiger partial charge in [-0.15, -0.1) is 0 Å². The van der Waals surface area contributed by atoms with Crippen molar-refractivity contribution >= 4 is 12.0 Å². The Morgan fingerprint density at radius 1 is 1.65 bits per heavy atom. The van der Waals surface area contributed by atoms with Crippen LogP contribution in [0.25, 0.3) is 0 Å². The zero-order valence-electron chi connectivity index (χ0n) is 9.48. The van der Waals surface area contributed by atoms with E-state index in [1.54, 1.807) is 11.9 Å². The molecule has 2 aliphatic heterocycles. The maximum absolute atomic E-state index is 11.6. The zero-order valence-corrected chi connectivity index (χ0v) is 9.48. The van der Waals surface area contributed by atoms with Crippen LogP contribution in [0.15, 0.2) is 4.99 Å². The number of aliphatic hydroxyl groups is 2. The monoisotopic (exact) mass is 244 g/mol. The Hall–Kier alpha value is -1.38. The van der Waals surface area contributed by atoms with Crippen LogP contribution in [0.4, 0.5) is 4.79 Å². The minimum Gasteiger partial charge on any atom is -0.394 e. The third-order valence-electron chi connectivity index (χ3n) is 2.94. The quantitative estimate of drug-likeness (QED) is 0.523. The number of aliphatic hydroxyl groups excluding tert-OH is 2. The molecule has 1 saturated heterocycles. The summed E-state index contributed by atoms with van der Waals surface area (Å²) in [4.78, 5) is 18.3. The smallest absolute Gasteiger partial charge is 0.350 e. The van der Waals surface area contributed by atoms with Gasteiger partial charge >= 0.3 is 6.03 Å². The lowest BCUT2D eigenvalue weighted by molar-refractivity contribution is -0.0702. The van der Waals surface area contributed by atoms with Crippen molar-refractivity contribution in [1.29, 1.82) is 0 Å². The Bertz CT molecular complexity index is 348. The Morgan fingerprint density at radius 3 is 2.94 bits per heavy atom. The first-order valence-electron chi connectivity index (χ1n) is 5.33. The fourth-order valence-corrected chi connectivity index (χ4v) is 1.90. The second-order valence-electron chi connectivity index (χ2n) is 4.18. The van der Waals surface area contributed by atoms with Crippen LogP contribution in [-0.2, 0) is 4.74 Å². The van der Waals surface area contributed by atoms with Crippen LogP contribution in [0.3, 0.4) is 0 Å². The van der Waals surface area contributed by atoms with E-state index in [1.165, 1.54) is 4.90 Å². The predicted octanol–water partition coefficient (Wildman–Crippen LogP) is -1.91. The van der Waals surface area contributed by atoms with Crippen LogP contribution in [0.1, 0.15) is 6.42 Å². The average molecular weight is 244 g/mol. The molecule has 17 heavy (non-hydrogen) atoms. The van der Waals surface area contributed by atoms with Gasteiger partial charge in [0.1, 0.15) is 12.3 Å². The Morgan fingerprint density at radius 2 is 2.35 bits per heavy atom. The van der Waals surface area contributed by atoms with Crippen LogP contribution in [-0.4, -0.2) is 70.8 Å². The van der Waals surface area contributed by atoms with E-state index in [0.29, 0.717) is 0 Å². The molecular weight excluding hydrogens is 228 g/mol. The van der Waals surface area contributed by atoms with E-state index in [9.17, 15) is 9.90 Å². The minimum atomic E-state index is -0.772. The number of rotatable bonds is 2. The van der Waals surface area contributed by atoms with Crippen molar-refractivity contribution in [2.45, 2.75) is 24.9 Å². The lowest BCUT2D eigenvalue weighted by atomic mass is 10.2. The van der Waals surface area contributed by atoms with Gasteiger partial charge < -0.3 is 25.6 Å². The van der Waals surface area contributed by atoms with Crippen molar-refractivity contribution in [3.05, 3.63) is 0 Å². The molecule has 0 aliphatic carbocycles. The largest absolute Gasteiger partial charge is 0.394 e. The molecule has 0 spiro atoms. The number of hydrogen-bond acceptors (Lipinski definition) is 6. The summed E-state index contributed by atoms with van der Waals surface area (Å²) in [7, 11) is 1.70. The van der Waals surface area contributed by atoms with Crippen molar-refractivity contribution in [2.75, 3.05) is 20.3 Å². The van der Waals surface area contributed by atoms with E-state index in [-0.39, 0.29) is 25.7 Å². The number of ether oxygens (including phenoxy) is 1. The van der Waals surface area contributed by atoms with Crippen LogP contribution >= 0.6 is 0 Å². The highest BCUT2D eigenvalue weighted by Crippen LogP contribution is 2.24. The summed E-state index contributed by atoms with van der Waals surface area (Å²) >= 11 is 0. The summed E-state index contributed by atoms with van der Waals surface area (Å²) in [5, 5.41) is 18.6. The molecule has 0 aromatic carbocycles. The fourth-order valence-electron chi connectivity index (χ4n) is 1.90. The molecule has 2 heterocycles. The van der Waals surface area contributed by atoms with Crippen molar-refractivity contribution < 1.29 is 19.7 Å². The second kappa shape index (κ2) is 4.47. The third-order valence-corrected chi connectivity index (χ3v) is 2.94. The molecule has 3 unspecified atom stereocenters. The number of amides is 2. The van der Waals surface area contributed by atoms with Crippen molar-refractivity contribution in [3.8, 4) is 0 Å². The highest BCUT2D eigenvalue weighted by molar-refractivity contribution is 5.93. The summed E-state index contributed by atoms with van der Waals surface area (Å²) in [6.45, 7) is -0.0232. The number of hydrogen-bond donors (Lipinski definition) is 3. The Labute approximate surface area is 98.3 Å². The van der Waals surface area contributed by atoms with E-state index >= 15 is 0 Å². The Balaban J connectivity index is 2.07.